The lowest BCUT2D eigenvalue weighted by atomic mass is 10.1. The standard InChI is InChI=1S/C15H19NO4/c1-3-8-16(10-14(17)19-2)15(18)13-9-11-6-4-5-7-12(11)20-13/h4-7,13H,3,8-10H2,1-2H3. The van der Waals surface area contributed by atoms with Crippen molar-refractivity contribution < 1.29 is 19.1 Å². The Morgan fingerprint density at radius 3 is 2.80 bits per heavy atom. The summed E-state index contributed by atoms with van der Waals surface area (Å²) in [6.45, 7) is 2.45. The molecule has 1 unspecified atom stereocenters. The summed E-state index contributed by atoms with van der Waals surface area (Å²) in [6, 6.07) is 7.61. The minimum absolute atomic E-state index is 0.0284. The molecule has 0 saturated heterocycles. The van der Waals surface area contributed by atoms with Gasteiger partial charge in [0.1, 0.15) is 12.3 Å². The van der Waals surface area contributed by atoms with Gasteiger partial charge in [-0.2, -0.15) is 0 Å². The number of rotatable bonds is 5. The van der Waals surface area contributed by atoms with E-state index in [9.17, 15) is 9.59 Å². The van der Waals surface area contributed by atoms with Crippen molar-refractivity contribution in [2.24, 2.45) is 0 Å². The minimum atomic E-state index is -0.538. The van der Waals surface area contributed by atoms with Gasteiger partial charge in [0, 0.05) is 13.0 Å². The van der Waals surface area contributed by atoms with Gasteiger partial charge in [-0.25, -0.2) is 0 Å². The van der Waals surface area contributed by atoms with Crippen LogP contribution in [0.4, 0.5) is 0 Å². The monoisotopic (exact) mass is 277 g/mol. The van der Waals surface area contributed by atoms with Crippen LogP contribution in [0.15, 0.2) is 24.3 Å². The molecule has 1 heterocycles. The Morgan fingerprint density at radius 1 is 1.40 bits per heavy atom. The van der Waals surface area contributed by atoms with Crippen molar-refractivity contribution in [3.8, 4) is 5.75 Å². The topological polar surface area (TPSA) is 55.8 Å². The van der Waals surface area contributed by atoms with Crippen LogP contribution in [0.1, 0.15) is 18.9 Å². The number of hydrogen-bond donors (Lipinski definition) is 0. The minimum Gasteiger partial charge on any atom is -0.480 e. The summed E-state index contributed by atoms with van der Waals surface area (Å²) in [5.74, 6) is 0.177. The van der Waals surface area contributed by atoms with E-state index in [4.69, 9.17) is 4.74 Å². The zero-order valence-corrected chi connectivity index (χ0v) is 11.8. The average molecular weight is 277 g/mol. The summed E-state index contributed by atoms with van der Waals surface area (Å²) >= 11 is 0. The molecule has 1 aliphatic heterocycles. The van der Waals surface area contributed by atoms with Gasteiger partial charge in [0.15, 0.2) is 6.10 Å². The first-order valence-electron chi connectivity index (χ1n) is 6.75. The highest BCUT2D eigenvalue weighted by molar-refractivity contribution is 5.86. The van der Waals surface area contributed by atoms with Gasteiger partial charge in [-0.05, 0) is 18.1 Å². The summed E-state index contributed by atoms with van der Waals surface area (Å²) in [6.07, 6.45) is 0.794. The molecule has 1 atom stereocenters. The largest absolute Gasteiger partial charge is 0.480 e. The van der Waals surface area contributed by atoms with Gasteiger partial charge >= 0.3 is 5.97 Å². The molecule has 20 heavy (non-hydrogen) atoms. The molecule has 1 aromatic carbocycles. The molecule has 0 aliphatic carbocycles. The third kappa shape index (κ3) is 3.10. The Bertz CT molecular complexity index is 475. The first-order chi connectivity index (χ1) is 9.65. The van der Waals surface area contributed by atoms with E-state index < -0.39 is 12.1 Å². The van der Waals surface area contributed by atoms with Crippen molar-refractivity contribution in [2.45, 2.75) is 25.9 Å². The fourth-order valence-corrected chi connectivity index (χ4v) is 2.28. The third-order valence-electron chi connectivity index (χ3n) is 3.28. The second-order valence-electron chi connectivity index (χ2n) is 4.75. The van der Waals surface area contributed by atoms with Crippen LogP contribution in [0.25, 0.3) is 0 Å². The Kier molecular flexibility index (Phi) is 4.61. The van der Waals surface area contributed by atoms with Crippen molar-refractivity contribution in [1.82, 2.24) is 4.90 Å². The first kappa shape index (κ1) is 14.4. The highest BCUT2D eigenvalue weighted by Gasteiger charge is 2.32. The Balaban J connectivity index is 2.04. The number of benzene rings is 1. The van der Waals surface area contributed by atoms with Crippen LogP contribution in [-0.4, -0.2) is 43.1 Å². The molecule has 0 saturated carbocycles. The Hall–Kier alpha value is -2.04. The Labute approximate surface area is 118 Å². The molecule has 0 N–H and O–H groups in total. The third-order valence-corrected chi connectivity index (χ3v) is 3.28. The SMILES string of the molecule is CCCN(CC(=O)OC)C(=O)C1Cc2ccccc2O1. The lowest BCUT2D eigenvalue weighted by Crippen LogP contribution is -2.44. The first-order valence-corrected chi connectivity index (χ1v) is 6.75. The van der Waals surface area contributed by atoms with Crippen LogP contribution < -0.4 is 4.74 Å². The second-order valence-corrected chi connectivity index (χ2v) is 4.75. The normalized spacial score (nSPS) is 16.2. The van der Waals surface area contributed by atoms with Gasteiger partial charge in [-0.15, -0.1) is 0 Å². The fraction of sp³-hybridized carbons (Fsp3) is 0.467. The van der Waals surface area contributed by atoms with Gasteiger partial charge in [0.25, 0.3) is 5.91 Å². The molecule has 0 radical (unpaired) electrons. The quantitative estimate of drug-likeness (QED) is 0.763. The van der Waals surface area contributed by atoms with Crippen LogP contribution in [0.5, 0.6) is 5.75 Å². The summed E-state index contributed by atoms with van der Waals surface area (Å²) in [4.78, 5) is 25.3. The number of hydrogen-bond acceptors (Lipinski definition) is 4. The van der Waals surface area contributed by atoms with Crippen LogP contribution in [0, 0.1) is 0 Å². The average Bonchev–Trinajstić information content (AvgIpc) is 2.89. The number of esters is 1. The maximum Gasteiger partial charge on any atom is 0.325 e. The summed E-state index contributed by atoms with van der Waals surface area (Å²) in [5, 5.41) is 0. The van der Waals surface area contributed by atoms with Crippen molar-refractivity contribution in [3.63, 3.8) is 0 Å². The zero-order valence-electron chi connectivity index (χ0n) is 11.8. The molecule has 5 nitrogen and oxygen atoms in total. The van der Waals surface area contributed by atoms with Crippen molar-refractivity contribution in [1.29, 1.82) is 0 Å². The maximum absolute atomic E-state index is 12.4. The van der Waals surface area contributed by atoms with Gasteiger partial charge in [0.05, 0.1) is 7.11 Å². The lowest BCUT2D eigenvalue weighted by Gasteiger charge is -2.23. The number of carbonyl (C=O) groups is 2. The number of ether oxygens (including phenoxy) is 2. The number of nitrogens with zero attached hydrogens (tertiary/aromatic N) is 1. The van der Waals surface area contributed by atoms with E-state index in [1.807, 2.05) is 31.2 Å². The zero-order chi connectivity index (χ0) is 14.5. The van der Waals surface area contributed by atoms with E-state index in [1.54, 1.807) is 0 Å². The summed E-state index contributed by atoms with van der Waals surface area (Å²) < 4.78 is 10.3. The van der Waals surface area contributed by atoms with E-state index in [2.05, 4.69) is 4.74 Å². The number of amides is 1. The number of carbonyl (C=O) groups excluding carboxylic acids is 2. The number of fused-ring (bicyclic) bond motifs is 1. The molecule has 0 spiro atoms. The van der Waals surface area contributed by atoms with Crippen LogP contribution in [0.3, 0.4) is 0 Å². The summed E-state index contributed by atoms with van der Waals surface area (Å²) in [5.41, 5.74) is 1.03. The van der Waals surface area contributed by atoms with Crippen molar-refractivity contribution in [2.75, 3.05) is 20.2 Å². The van der Waals surface area contributed by atoms with Gasteiger partial charge < -0.3 is 14.4 Å². The van der Waals surface area contributed by atoms with Crippen molar-refractivity contribution >= 4 is 11.9 Å². The predicted octanol–water partition coefficient (Wildman–Crippen LogP) is 1.40. The van der Waals surface area contributed by atoms with E-state index in [0.717, 1.165) is 17.7 Å². The highest BCUT2D eigenvalue weighted by Crippen LogP contribution is 2.28. The smallest absolute Gasteiger partial charge is 0.325 e. The molecule has 0 bridgehead atoms. The van der Waals surface area contributed by atoms with E-state index in [1.165, 1.54) is 12.0 Å². The highest BCUT2D eigenvalue weighted by atomic mass is 16.5. The maximum atomic E-state index is 12.4. The van der Waals surface area contributed by atoms with Gasteiger partial charge in [-0.3, -0.25) is 9.59 Å². The molecule has 1 amide bonds. The van der Waals surface area contributed by atoms with Crippen molar-refractivity contribution in [3.05, 3.63) is 29.8 Å². The number of para-hydroxylation sites is 1. The van der Waals surface area contributed by atoms with E-state index in [0.29, 0.717) is 13.0 Å². The molecule has 0 fully saturated rings. The molecule has 108 valence electrons. The predicted molar refractivity (Wildman–Crippen MR) is 73.4 cm³/mol. The molecular weight excluding hydrogens is 258 g/mol. The van der Waals surface area contributed by atoms with E-state index >= 15 is 0 Å². The number of methoxy groups -OCH3 is 1. The molecule has 1 aliphatic rings. The van der Waals surface area contributed by atoms with Crippen LogP contribution >= 0.6 is 0 Å². The lowest BCUT2D eigenvalue weighted by molar-refractivity contribution is -0.149. The molecule has 5 heteroatoms. The van der Waals surface area contributed by atoms with Crippen LogP contribution in [0.2, 0.25) is 0 Å². The molecular formula is C15H19NO4. The Morgan fingerprint density at radius 2 is 2.15 bits per heavy atom. The van der Waals surface area contributed by atoms with E-state index in [-0.39, 0.29) is 12.5 Å². The molecule has 0 aromatic heterocycles. The van der Waals surface area contributed by atoms with Gasteiger partial charge in [0.2, 0.25) is 0 Å². The molecule has 2 rings (SSSR count). The van der Waals surface area contributed by atoms with Gasteiger partial charge in [-0.1, -0.05) is 25.1 Å². The molecule has 1 aromatic rings. The second kappa shape index (κ2) is 6.41. The fourth-order valence-electron chi connectivity index (χ4n) is 2.28. The van der Waals surface area contributed by atoms with Crippen LogP contribution in [-0.2, 0) is 20.7 Å². The summed E-state index contributed by atoms with van der Waals surface area (Å²) in [7, 11) is 1.32.